The lowest BCUT2D eigenvalue weighted by molar-refractivity contribution is -0.116. The van der Waals surface area contributed by atoms with E-state index in [2.05, 4.69) is 41.5 Å². The first-order valence-corrected chi connectivity index (χ1v) is 7.27. The summed E-state index contributed by atoms with van der Waals surface area (Å²) < 4.78 is 1.86. The number of rotatable bonds is 4. The van der Waals surface area contributed by atoms with Crippen LogP contribution >= 0.6 is 0 Å². The van der Waals surface area contributed by atoms with Gasteiger partial charge < -0.3 is 9.88 Å². The number of aryl methyl sites for hydroxylation is 4. The van der Waals surface area contributed by atoms with Gasteiger partial charge in [-0.15, -0.1) is 10.2 Å². The van der Waals surface area contributed by atoms with Gasteiger partial charge in [0, 0.05) is 13.1 Å². The van der Waals surface area contributed by atoms with Crippen molar-refractivity contribution in [2.75, 3.05) is 0 Å². The molecule has 0 spiro atoms. The lowest BCUT2D eigenvalue weighted by atomic mass is 10.0. The molecule has 0 aliphatic rings. The Morgan fingerprint density at radius 3 is 2.45 bits per heavy atom. The molecule has 0 saturated carbocycles. The Kier molecular flexibility index (Phi) is 4.75. The van der Waals surface area contributed by atoms with Crippen LogP contribution in [-0.4, -0.2) is 20.7 Å². The van der Waals surface area contributed by atoms with Gasteiger partial charge >= 0.3 is 0 Å². The Balaban J connectivity index is 2.00. The molecule has 22 heavy (non-hydrogen) atoms. The number of carbonyl (C=O) groups excluding carboxylic acids is 1. The summed E-state index contributed by atoms with van der Waals surface area (Å²) >= 11 is 0. The smallest absolute Gasteiger partial charge is 0.244 e. The Hall–Kier alpha value is -2.43. The van der Waals surface area contributed by atoms with E-state index in [1.807, 2.05) is 31.5 Å². The molecule has 2 rings (SSSR count). The van der Waals surface area contributed by atoms with E-state index in [0.29, 0.717) is 6.54 Å². The Morgan fingerprint density at radius 2 is 1.82 bits per heavy atom. The molecule has 116 valence electrons. The first-order valence-electron chi connectivity index (χ1n) is 7.27. The highest BCUT2D eigenvalue weighted by Gasteiger charge is 2.05. The number of nitrogens with zero attached hydrogens (tertiary/aromatic N) is 3. The normalized spacial score (nSPS) is 11.1. The van der Waals surface area contributed by atoms with Gasteiger partial charge in [-0.2, -0.15) is 0 Å². The molecule has 0 unspecified atom stereocenters. The van der Waals surface area contributed by atoms with Gasteiger partial charge in [0.05, 0.1) is 6.54 Å². The largest absolute Gasteiger partial charge is 0.345 e. The Morgan fingerprint density at radius 1 is 1.14 bits per heavy atom. The highest BCUT2D eigenvalue weighted by molar-refractivity contribution is 5.91. The second-order valence-electron chi connectivity index (χ2n) is 5.57. The van der Waals surface area contributed by atoms with Crippen molar-refractivity contribution in [2.24, 2.45) is 7.05 Å². The molecule has 1 aromatic carbocycles. The molecule has 1 N–H and O–H groups in total. The number of hydrogen-bond acceptors (Lipinski definition) is 3. The minimum Gasteiger partial charge on any atom is -0.345 e. The summed E-state index contributed by atoms with van der Waals surface area (Å²) in [4.78, 5) is 11.9. The fraction of sp³-hybridized carbons (Fsp3) is 0.353. The van der Waals surface area contributed by atoms with E-state index in [9.17, 15) is 4.79 Å². The highest BCUT2D eigenvalue weighted by Crippen LogP contribution is 2.16. The van der Waals surface area contributed by atoms with Gasteiger partial charge in [0.15, 0.2) is 5.82 Å². The predicted molar refractivity (Wildman–Crippen MR) is 87.3 cm³/mol. The number of amides is 1. The molecule has 0 bridgehead atoms. The van der Waals surface area contributed by atoms with Crippen LogP contribution in [0.1, 0.15) is 33.9 Å². The van der Waals surface area contributed by atoms with Gasteiger partial charge in [-0.1, -0.05) is 12.1 Å². The fourth-order valence-electron chi connectivity index (χ4n) is 2.16. The van der Waals surface area contributed by atoms with Crippen LogP contribution in [-0.2, 0) is 18.4 Å². The molecule has 0 aliphatic carbocycles. The van der Waals surface area contributed by atoms with Gasteiger partial charge in [0.2, 0.25) is 5.91 Å². The average Bonchev–Trinajstić information content (AvgIpc) is 2.79. The number of aromatic nitrogens is 3. The Bertz CT molecular complexity index is 729. The van der Waals surface area contributed by atoms with Crippen LogP contribution in [0.15, 0.2) is 18.2 Å². The maximum Gasteiger partial charge on any atom is 0.244 e. The van der Waals surface area contributed by atoms with Crippen LogP contribution in [0.2, 0.25) is 0 Å². The third-order valence-corrected chi connectivity index (χ3v) is 3.90. The summed E-state index contributed by atoms with van der Waals surface area (Å²) in [7, 11) is 1.88. The molecule has 5 heteroatoms. The van der Waals surface area contributed by atoms with Gasteiger partial charge in [-0.3, -0.25) is 4.79 Å². The SMILES string of the molecule is Cc1cc(C)c(C=CC(=O)NCc2nnc(C)n2C)cc1C. The van der Waals surface area contributed by atoms with E-state index in [1.165, 1.54) is 11.1 Å². The van der Waals surface area contributed by atoms with Crippen molar-refractivity contribution in [1.82, 2.24) is 20.1 Å². The van der Waals surface area contributed by atoms with Crippen LogP contribution < -0.4 is 5.32 Å². The van der Waals surface area contributed by atoms with Crippen molar-refractivity contribution in [3.05, 3.63) is 52.1 Å². The Labute approximate surface area is 131 Å². The number of benzene rings is 1. The molecule has 0 aliphatic heterocycles. The zero-order chi connectivity index (χ0) is 16.3. The van der Waals surface area contributed by atoms with E-state index in [-0.39, 0.29) is 5.91 Å². The first kappa shape index (κ1) is 15.9. The molecule has 0 radical (unpaired) electrons. The van der Waals surface area contributed by atoms with E-state index in [1.54, 1.807) is 6.08 Å². The van der Waals surface area contributed by atoms with E-state index in [4.69, 9.17) is 0 Å². The number of nitrogens with one attached hydrogen (secondary N) is 1. The lowest BCUT2D eigenvalue weighted by Crippen LogP contribution is -2.22. The highest BCUT2D eigenvalue weighted by atomic mass is 16.1. The first-order chi connectivity index (χ1) is 10.4. The van der Waals surface area contributed by atoms with E-state index < -0.39 is 0 Å². The molecule has 1 aromatic heterocycles. The fourth-order valence-corrected chi connectivity index (χ4v) is 2.16. The van der Waals surface area contributed by atoms with Gasteiger partial charge in [0.25, 0.3) is 0 Å². The zero-order valence-corrected chi connectivity index (χ0v) is 13.8. The minimum absolute atomic E-state index is 0.140. The van der Waals surface area contributed by atoms with Crippen molar-refractivity contribution in [2.45, 2.75) is 34.2 Å². The van der Waals surface area contributed by atoms with Crippen molar-refractivity contribution >= 4 is 12.0 Å². The molecule has 5 nitrogen and oxygen atoms in total. The average molecular weight is 298 g/mol. The van der Waals surface area contributed by atoms with Gasteiger partial charge in [-0.25, -0.2) is 0 Å². The van der Waals surface area contributed by atoms with E-state index >= 15 is 0 Å². The maximum atomic E-state index is 11.9. The van der Waals surface area contributed by atoms with E-state index in [0.717, 1.165) is 22.8 Å². The standard InChI is InChI=1S/C17H22N4O/c1-11-8-13(3)15(9-12(11)2)6-7-17(22)18-10-16-20-19-14(4)21(16)5/h6-9H,10H2,1-5H3,(H,18,22). The van der Waals surface area contributed by atoms with Crippen LogP contribution in [0.3, 0.4) is 0 Å². The topological polar surface area (TPSA) is 59.8 Å². The number of carbonyl (C=O) groups is 1. The summed E-state index contributed by atoms with van der Waals surface area (Å²) in [5, 5.41) is 10.8. The van der Waals surface area contributed by atoms with Crippen LogP contribution in [0.5, 0.6) is 0 Å². The van der Waals surface area contributed by atoms with Crippen molar-refractivity contribution in [1.29, 1.82) is 0 Å². The molecule has 2 aromatic rings. The monoisotopic (exact) mass is 298 g/mol. The lowest BCUT2D eigenvalue weighted by Gasteiger charge is -2.06. The minimum atomic E-state index is -0.140. The maximum absolute atomic E-state index is 11.9. The van der Waals surface area contributed by atoms with Gasteiger partial charge in [-0.05, 0) is 56.0 Å². The third kappa shape index (κ3) is 3.61. The summed E-state index contributed by atoms with van der Waals surface area (Å²) in [6.07, 6.45) is 3.40. The third-order valence-electron chi connectivity index (χ3n) is 3.90. The molecule has 0 saturated heterocycles. The van der Waals surface area contributed by atoms with Crippen molar-refractivity contribution in [3.8, 4) is 0 Å². The van der Waals surface area contributed by atoms with Gasteiger partial charge in [0.1, 0.15) is 5.82 Å². The molecular weight excluding hydrogens is 276 g/mol. The zero-order valence-electron chi connectivity index (χ0n) is 13.8. The molecule has 1 amide bonds. The second kappa shape index (κ2) is 6.56. The van der Waals surface area contributed by atoms with Crippen LogP contribution in [0.4, 0.5) is 0 Å². The summed E-state index contributed by atoms with van der Waals surface area (Å²) in [6.45, 7) is 8.45. The molecule has 0 fully saturated rings. The number of hydrogen-bond donors (Lipinski definition) is 1. The predicted octanol–water partition coefficient (Wildman–Crippen LogP) is 2.38. The summed E-state index contributed by atoms with van der Waals surface area (Å²) in [5.74, 6) is 1.42. The molecule has 1 heterocycles. The summed E-state index contributed by atoms with van der Waals surface area (Å²) in [6, 6.07) is 4.23. The molecule has 0 atom stereocenters. The second-order valence-corrected chi connectivity index (χ2v) is 5.57. The van der Waals surface area contributed by atoms with Crippen molar-refractivity contribution < 1.29 is 4.79 Å². The van der Waals surface area contributed by atoms with Crippen LogP contribution in [0.25, 0.3) is 6.08 Å². The van der Waals surface area contributed by atoms with Crippen molar-refractivity contribution in [3.63, 3.8) is 0 Å². The summed E-state index contributed by atoms with van der Waals surface area (Å²) in [5.41, 5.74) is 4.71. The quantitative estimate of drug-likeness (QED) is 0.882. The van der Waals surface area contributed by atoms with Crippen LogP contribution in [0, 0.1) is 27.7 Å². The molecular formula is C17H22N4O.